The van der Waals surface area contributed by atoms with Gasteiger partial charge in [0, 0.05) is 12.1 Å². The number of allylic oxidation sites excluding steroid dienone is 2. The lowest BCUT2D eigenvalue weighted by atomic mass is 10.3. The van der Waals surface area contributed by atoms with Gasteiger partial charge in [-0.25, -0.2) is 0 Å². The monoisotopic (exact) mass is 273 g/mol. The Hall–Kier alpha value is -0.640. The Morgan fingerprint density at radius 2 is 1.83 bits per heavy atom. The van der Waals surface area contributed by atoms with Gasteiger partial charge in [-0.15, -0.1) is 6.58 Å². The van der Waals surface area contributed by atoms with Crippen molar-refractivity contribution in [3.05, 3.63) is 49.8 Å². The minimum Gasteiger partial charge on any atom is -1.00 e. The van der Waals surface area contributed by atoms with Crippen molar-refractivity contribution in [2.75, 3.05) is 0 Å². The van der Waals surface area contributed by atoms with Gasteiger partial charge in [0.05, 0.1) is 6.42 Å². The summed E-state index contributed by atoms with van der Waals surface area (Å²) in [7, 11) is 0. The minimum atomic E-state index is 0. The first kappa shape index (κ1) is 11.4. The predicted octanol–water partition coefficient (Wildman–Crippen LogP) is -0.975. The van der Waals surface area contributed by atoms with Gasteiger partial charge >= 0.3 is 0 Å². The summed E-state index contributed by atoms with van der Waals surface area (Å²) in [5.41, 5.74) is 1.04. The topological polar surface area (TPSA) is 3.88 Å². The molecule has 1 nitrogen and oxygen atoms in total. The molecule has 0 aliphatic rings. The fourth-order valence-corrected chi connectivity index (χ4v) is 0.882. The molecule has 1 aromatic heterocycles. The molecule has 0 spiro atoms. The van der Waals surface area contributed by atoms with Crippen LogP contribution >= 0.6 is 0 Å². The van der Waals surface area contributed by atoms with Crippen LogP contribution in [0.15, 0.2) is 49.8 Å². The quantitative estimate of drug-likeness (QED) is 0.379. The maximum atomic E-state index is 3.91. The lowest BCUT2D eigenvalue weighted by Crippen LogP contribution is -3.00. The number of halogens is 1. The summed E-state index contributed by atoms with van der Waals surface area (Å²) in [5, 5.41) is 0. The highest BCUT2D eigenvalue weighted by Gasteiger charge is 2.00. The van der Waals surface area contributed by atoms with Crippen molar-refractivity contribution in [2.45, 2.75) is 6.42 Å². The average molecular weight is 273 g/mol. The molecular formula is C10H12IN. The van der Waals surface area contributed by atoms with E-state index in [0.29, 0.717) is 0 Å². The second kappa shape index (κ2) is 5.94. The number of aromatic nitrogens is 1. The van der Waals surface area contributed by atoms with Crippen LogP contribution in [-0.4, -0.2) is 0 Å². The Bertz CT molecular complexity index is 254. The van der Waals surface area contributed by atoms with Gasteiger partial charge in [0.15, 0.2) is 18.1 Å². The highest BCUT2D eigenvalue weighted by molar-refractivity contribution is 5.29. The standard InChI is InChI=1S/C10H12N.HI/c1-3-7-10(2)11-8-5-4-6-9-11;/h3-6,8-9H,1-2,7H2;1H/q+1;/p-1. The zero-order valence-electron chi connectivity index (χ0n) is 6.91. The second-order valence-corrected chi connectivity index (χ2v) is 2.34. The van der Waals surface area contributed by atoms with Crippen LogP contribution in [0, 0.1) is 0 Å². The van der Waals surface area contributed by atoms with Crippen LogP contribution in [0.2, 0.25) is 0 Å². The van der Waals surface area contributed by atoms with Crippen LogP contribution in [0.3, 0.4) is 0 Å². The van der Waals surface area contributed by atoms with Gasteiger partial charge in [-0.05, 0) is 6.58 Å². The summed E-state index contributed by atoms with van der Waals surface area (Å²) in [4.78, 5) is 0. The maximum Gasteiger partial charge on any atom is 0.183 e. The van der Waals surface area contributed by atoms with Crippen molar-refractivity contribution < 1.29 is 28.5 Å². The Balaban J connectivity index is 0.00000121. The van der Waals surface area contributed by atoms with E-state index in [9.17, 15) is 0 Å². The molecule has 0 aromatic carbocycles. The summed E-state index contributed by atoms with van der Waals surface area (Å²) in [6, 6.07) is 5.94. The summed E-state index contributed by atoms with van der Waals surface area (Å²) in [6.07, 6.45) is 6.63. The fraction of sp³-hybridized carbons (Fsp3) is 0.100. The molecule has 1 heterocycles. The van der Waals surface area contributed by atoms with Gasteiger partial charge in [0.25, 0.3) is 0 Å². The van der Waals surface area contributed by atoms with Crippen LogP contribution in [-0.2, 0) is 0 Å². The average Bonchev–Trinajstić information content (AvgIpc) is 2.07. The van der Waals surface area contributed by atoms with E-state index >= 15 is 0 Å². The third-order valence-corrected chi connectivity index (χ3v) is 1.46. The van der Waals surface area contributed by atoms with E-state index < -0.39 is 0 Å². The van der Waals surface area contributed by atoms with Crippen molar-refractivity contribution in [3.8, 4) is 0 Å². The van der Waals surface area contributed by atoms with Gasteiger partial charge in [-0.3, -0.25) is 0 Å². The number of hydrogen-bond acceptors (Lipinski definition) is 0. The van der Waals surface area contributed by atoms with Crippen LogP contribution in [0.4, 0.5) is 0 Å². The number of hydrogen-bond donors (Lipinski definition) is 0. The van der Waals surface area contributed by atoms with E-state index in [4.69, 9.17) is 0 Å². The third-order valence-electron chi connectivity index (χ3n) is 1.46. The zero-order chi connectivity index (χ0) is 8.10. The molecule has 1 aromatic rings. The molecule has 12 heavy (non-hydrogen) atoms. The molecule has 0 fully saturated rings. The highest BCUT2D eigenvalue weighted by Crippen LogP contribution is 1.95. The second-order valence-electron chi connectivity index (χ2n) is 2.34. The Morgan fingerprint density at radius 3 is 2.33 bits per heavy atom. The Labute approximate surface area is 90.5 Å². The fourth-order valence-electron chi connectivity index (χ4n) is 0.882. The van der Waals surface area contributed by atoms with E-state index in [0.717, 1.165) is 12.1 Å². The largest absolute Gasteiger partial charge is 1.00 e. The number of pyridine rings is 1. The number of nitrogens with zero attached hydrogens (tertiary/aromatic N) is 1. The van der Waals surface area contributed by atoms with Crippen LogP contribution in [0.1, 0.15) is 6.42 Å². The minimum absolute atomic E-state index is 0. The first-order valence-corrected chi connectivity index (χ1v) is 3.60. The van der Waals surface area contributed by atoms with E-state index in [2.05, 4.69) is 13.2 Å². The zero-order valence-corrected chi connectivity index (χ0v) is 9.07. The molecule has 0 aliphatic heterocycles. The molecule has 0 unspecified atom stereocenters. The van der Waals surface area contributed by atoms with E-state index in [1.807, 2.05) is 41.2 Å². The van der Waals surface area contributed by atoms with Crippen LogP contribution in [0.5, 0.6) is 0 Å². The normalized spacial score (nSPS) is 8.33. The molecule has 0 amide bonds. The molecule has 0 radical (unpaired) electrons. The molecule has 2 heteroatoms. The van der Waals surface area contributed by atoms with Gasteiger partial charge in [0.2, 0.25) is 0 Å². The van der Waals surface area contributed by atoms with Crippen molar-refractivity contribution >= 4 is 5.70 Å². The smallest absolute Gasteiger partial charge is 0.183 e. The van der Waals surface area contributed by atoms with Gasteiger partial charge in [-0.2, -0.15) is 4.57 Å². The molecular weight excluding hydrogens is 261 g/mol. The first-order chi connectivity index (χ1) is 5.34. The molecule has 0 atom stereocenters. The van der Waals surface area contributed by atoms with E-state index in [1.54, 1.807) is 0 Å². The third kappa shape index (κ3) is 3.17. The molecule has 0 aliphatic carbocycles. The van der Waals surface area contributed by atoms with Crippen LogP contribution in [0.25, 0.3) is 5.70 Å². The van der Waals surface area contributed by atoms with Gasteiger partial charge in [0.1, 0.15) is 0 Å². The van der Waals surface area contributed by atoms with Gasteiger partial charge in [-0.1, -0.05) is 12.1 Å². The molecule has 0 saturated heterocycles. The van der Waals surface area contributed by atoms with Gasteiger partial charge < -0.3 is 24.0 Å². The van der Waals surface area contributed by atoms with Crippen LogP contribution < -0.4 is 28.5 Å². The molecule has 1 rings (SSSR count). The van der Waals surface area contributed by atoms with E-state index in [-0.39, 0.29) is 24.0 Å². The predicted molar refractivity (Wildman–Crippen MR) is 46.8 cm³/mol. The molecule has 0 N–H and O–H groups in total. The number of rotatable bonds is 3. The summed E-state index contributed by atoms with van der Waals surface area (Å²) in [5.74, 6) is 0. The SMILES string of the molecule is C=CCC(=C)[n+]1ccccc1.[I-]. The maximum absolute atomic E-state index is 3.91. The molecule has 0 saturated carbocycles. The summed E-state index contributed by atoms with van der Waals surface area (Å²) >= 11 is 0. The van der Waals surface area contributed by atoms with Crippen molar-refractivity contribution in [1.82, 2.24) is 0 Å². The van der Waals surface area contributed by atoms with Crippen molar-refractivity contribution in [1.29, 1.82) is 0 Å². The molecule has 64 valence electrons. The Kier molecular flexibility index (Phi) is 5.62. The Morgan fingerprint density at radius 1 is 1.25 bits per heavy atom. The summed E-state index contributed by atoms with van der Waals surface area (Å²) < 4.78 is 1.99. The van der Waals surface area contributed by atoms with E-state index in [1.165, 1.54) is 0 Å². The van der Waals surface area contributed by atoms with Crippen molar-refractivity contribution in [3.63, 3.8) is 0 Å². The first-order valence-electron chi connectivity index (χ1n) is 3.60. The molecule has 0 bridgehead atoms. The highest BCUT2D eigenvalue weighted by atomic mass is 127. The lowest BCUT2D eigenvalue weighted by molar-refractivity contribution is -0.582. The van der Waals surface area contributed by atoms with Crippen molar-refractivity contribution in [2.24, 2.45) is 0 Å². The summed E-state index contributed by atoms with van der Waals surface area (Å²) in [6.45, 7) is 7.56. The lowest BCUT2D eigenvalue weighted by Gasteiger charge is -1.93.